The minimum absolute atomic E-state index is 0.0853. The van der Waals surface area contributed by atoms with E-state index in [0.717, 1.165) is 44.7 Å². The minimum atomic E-state index is -0.203. The lowest BCUT2D eigenvalue weighted by Gasteiger charge is -2.41. The zero-order valence-electron chi connectivity index (χ0n) is 16.4. The van der Waals surface area contributed by atoms with Crippen molar-refractivity contribution in [1.29, 1.82) is 0 Å². The van der Waals surface area contributed by atoms with E-state index in [9.17, 15) is 9.18 Å². The average Bonchev–Trinajstić information content (AvgIpc) is 3.04. The summed E-state index contributed by atoms with van der Waals surface area (Å²) in [4.78, 5) is 19.6. The third-order valence-corrected chi connectivity index (χ3v) is 6.75. The summed E-state index contributed by atoms with van der Waals surface area (Å²) in [6, 6.07) is 8.16. The van der Waals surface area contributed by atoms with E-state index in [1.54, 1.807) is 0 Å². The van der Waals surface area contributed by atoms with E-state index in [1.165, 1.54) is 25.0 Å². The number of likely N-dealkylation sites (N-methyl/N-ethyl adjacent to an activating group) is 1. The first-order valence-electron chi connectivity index (χ1n) is 10.3. The molecule has 3 unspecified atom stereocenters. The van der Waals surface area contributed by atoms with Gasteiger partial charge in [-0.15, -0.1) is 0 Å². The number of nitrogens with one attached hydrogen (secondary N) is 1. The van der Waals surface area contributed by atoms with Gasteiger partial charge in [-0.2, -0.15) is 0 Å². The predicted molar refractivity (Wildman–Crippen MR) is 105 cm³/mol. The molecule has 1 amide bonds. The number of amides is 1. The Morgan fingerprint density at radius 1 is 1.11 bits per heavy atom. The summed E-state index contributed by atoms with van der Waals surface area (Å²) in [5.74, 6) is 0.0440. The highest BCUT2D eigenvalue weighted by Gasteiger charge is 2.38. The van der Waals surface area contributed by atoms with Crippen molar-refractivity contribution in [3.8, 4) is 0 Å². The van der Waals surface area contributed by atoms with Gasteiger partial charge in [0.2, 0.25) is 5.91 Å². The van der Waals surface area contributed by atoms with Gasteiger partial charge >= 0.3 is 0 Å². The molecule has 0 aliphatic carbocycles. The molecule has 3 aliphatic rings. The standard InChI is InChI=1S/C21H31FN4O/c1-15(21(27)24(2)20-13-17-5-6-18(14-20)23-17)25-9-11-26(12-10-25)19-7-3-16(22)4-8-19/h3-4,7-8,15,17-18,20,23H,5-6,9-14H2,1-2H3. The second kappa shape index (κ2) is 7.76. The molecule has 4 rings (SSSR count). The molecule has 2 bridgehead atoms. The highest BCUT2D eigenvalue weighted by molar-refractivity contribution is 5.81. The third kappa shape index (κ3) is 3.97. The van der Waals surface area contributed by atoms with Crippen LogP contribution in [0, 0.1) is 5.82 Å². The molecule has 1 N–H and O–H groups in total. The van der Waals surface area contributed by atoms with Gasteiger partial charge in [0, 0.05) is 57.0 Å². The Balaban J connectivity index is 1.31. The van der Waals surface area contributed by atoms with E-state index in [-0.39, 0.29) is 17.8 Å². The monoisotopic (exact) mass is 374 g/mol. The van der Waals surface area contributed by atoms with Crippen molar-refractivity contribution in [2.45, 2.75) is 56.8 Å². The molecule has 6 heteroatoms. The smallest absolute Gasteiger partial charge is 0.239 e. The summed E-state index contributed by atoms with van der Waals surface area (Å²) in [6.07, 6.45) is 4.68. The van der Waals surface area contributed by atoms with E-state index < -0.39 is 0 Å². The number of carbonyl (C=O) groups excluding carboxylic acids is 1. The SMILES string of the molecule is CC(C(=O)N(C)C1CC2CCC(C1)N2)N1CCN(c2ccc(F)cc2)CC1. The van der Waals surface area contributed by atoms with Crippen LogP contribution in [-0.4, -0.2) is 73.1 Å². The minimum Gasteiger partial charge on any atom is -0.369 e. The van der Waals surface area contributed by atoms with Crippen LogP contribution < -0.4 is 10.2 Å². The summed E-state index contributed by atoms with van der Waals surface area (Å²) in [7, 11) is 1.99. The van der Waals surface area contributed by atoms with Crippen molar-refractivity contribution in [3.63, 3.8) is 0 Å². The predicted octanol–water partition coefficient (Wildman–Crippen LogP) is 2.08. The van der Waals surface area contributed by atoms with Crippen molar-refractivity contribution in [1.82, 2.24) is 15.1 Å². The largest absolute Gasteiger partial charge is 0.369 e. The van der Waals surface area contributed by atoms with Crippen LogP contribution in [0.2, 0.25) is 0 Å². The molecule has 0 aromatic heterocycles. The number of hydrogen-bond donors (Lipinski definition) is 1. The van der Waals surface area contributed by atoms with Crippen molar-refractivity contribution in [2.75, 3.05) is 38.1 Å². The Labute approximate surface area is 161 Å². The molecule has 5 nitrogen and oxygen atoms in total. The number of halogens is 1. The van der Waals surface area contributed by atoms with Gasteiger partial charge in [0.25, 0.3) is 0 Å². The highest BCUT2D eigenvalue weighted by atomic mass is 19.1. The maximum Gasteiger partial charge on any atom is 0.239 e. The summed E-state index contributed by atoms with van der Waals surface area (Å²) in [5.41, 5.74) is 1.05. The van der Waals surface area contributed by atoms with Crippen LogP contribution in [0.5, 0.6) is 0 Å². The van der Waals surface area contributed by atoms with Gasteiger partial charge in [0.1, 0.15) is 5.82 Å². The fraction of sp³-hybridized carbons (Fsp3) is 0.667. The Morgan fingerprint density at radius 3 is 2.30 bits per heavy atom. The van der Waals surface area contributed by atoms with Crippen LogP contribution in [-0.2, 0) is 4.79 Å². The average molecular weight is 375 g/mol. The lowest BCUT2D eigenvalue weighted by Crippen LogP contribution is -2.57. The number of nitrogens with zero attached hydrogens (tertiary/aromatic N) is 3. The first-order chi connectivity index (χ1) is 13.0. The summed E-state index contributed by atoms with van der Waals surface area (Å²) in [5, 5.41) is 3.65. The quantitative estimate of drug-likeness (QED) is 0.876. The molecule has 1 aromatic carbocycles. The maximum atomic E-state index is 13.1. The van der Waals surface area contributed by atoms with Gasteiger partial charge in [-0.05, 0) is 56.9 Å². The van der Waals surface area contributed by atoms with Gasteiger partial charge in [-0.3, -0.25) is 9.69 Å². The van der Waals surface area contributed by atoms with Gasteiger partial charge in [-0.1, -0.05) is 0 Å². The zero-order chi connectivity index (χ0) is 19.0. The molecule has 3 atom stereocenters. The Bertz CT molecular complexity index is 647. The molecule has 3 aliphatic heterocycles. The fourth-order valence-electron chi connectivity index (χ4n) is 4.99. The van der Waals surface area contributed by atoms with E-state index in [2.05, 4.69) is 15.1 Å². The van der Waals surface area contributed by atoms with Crippen LogP contribution in [0.4, 0.5) is 10.1 Å². The number of anilines is 1. The van der Waals surface area contributed by atoms with Crippen LogP contribution in [0.25, 0.3) is 0 Å². The van der Waals surface area contributed by atoms with Crippen molar-refractivity contribution < 1.29 is 9.18 Å². The second-order valence-electron chi connectivity index (χ2n) is 8.39. The molecule has 0 saturated carbocycles. The van der Waals surface area contributed by atoms with Crippen LogP contribution in [0.3, 0.4) is 0 Å². The van der Waals surface area contributed by atoms with Gasteiger partial charge in [0.15, 0.2) is 0 Å². The molecule has 1 aromatic rings. The number of fused-ring (bicyclic) bond motifs is 2. The highest BCUT2D eigenvalue weighted by Crippen LogP contribution is 2.29. The summed E-state index contributed by atoms with van der Waals surface area (Å²) in [6.45, 7) is 5.49. The Morgan fingerprint density at radius 2 is 1.70 bits per heavy atom. The Hall–Kier alpha value is -1.66. The molecule has 3 heterocycles. The van der Waals surface area contributed by atoms with Crippen LogP contribution >= 0.6 is 0 Å². The van der Waals surface area contributed by atoms with Gasteiger partial charge in [0.05, 0.1) is 6.04 Å². The lowest BCUT2D eigenvalue weighted by molar-refractivity contribution is -0.138. The van der Waals surface area contributed by atoms with E-state index in [0.29, 0.717) is 18.1 Å². The topological polar surface area (TPSA) is 38.8 Å². The van der Waals surface area contributed by atoms with Crippen molar-refractivity contribution >= 4 is 11.6 Å². The second-order valence-corrected chi connectivity index (χ2v) is 8.39. The number of hydrogen-bond acceptors (Lipinski definition) is 4. The van der Waals surface area contributed by atoms with Crippen molar-refractivity contribution in [3.05, 3.63) is 30.1 Å². The molecule has 3 fully saturated rings. The van der Waals surface area contributed by atoms with E-state index in [4.69, 9.17) is 0 Å². The van der Waals surface area contributed by atoms with Crippen LogP contribution in [0.1, 0.15) is 32.6 Å². The molecule has 3 saturated heterocycles. The third-order valence-electron chi connectivity index (χ3n) is 6.75. The van der Waals surface area contributed by atoms with Gasteiger partial charge < -0.3 is 15.1 Å². The normalized spacial score (nSPS) is 29.6. The summed E-state index contributed by atoms with van der Waals surface area (Å²) >= 11 is 0. The van der Waals surface area contributed by atoms with E-state index in [1.807, 2.05) is 31.0 Å². The Kier molecular flexibility index (Phi) is 5.37. The zero-order valence-corrected chi connectivity index (χ0v) is 16.4. The molecule has 27 heavy (non-hydrogen) atoms. The van der Waals surface area contributed by atoms with Crippen molar-refractivity contribution in [2.24, 2.45) is 0 Å². The van der Waals surface area contributed by atoms with Gasteiger partial charge in [-0.25, -0.2) is 4.39 Å². The number of benzene rings is 1. The molecule has 0 spiro atoms. The maximum absolute atomic E-state index is 13.1. The van der Waals surface area contributed by atoms with E-state index >= 15 is 0 Å². The molecular formula is C21H31FN4O. The lowest BCUT2D eigenvalue weighted by atomic mass is 9.98. The number of carbonyl (C=O) groups is 1. The molecule has 148 valence electrons. The first-order valence-corrected chi connectivity index (χ1v) is 10.3. The number of piperidine rings is 1. The number of rotatable bonds is 4. The number of piperazine rings is 1. The fourth-order valence-corrected chi connectivity index (χ4v) is 4.99. The summed E-state index contributed by atoms with van der Waals surface area (Å²) < 4.78 is 13.1. The van der Waals surface area contributed by atoms with Crippen LogP contribution in [0.15, 0.2) is 24.3 Å². The molecular weight excluding hydrogens is 343 g/mol. The molecule has 0 radical (unpaired) electrons. The first kappa shape index (κ1) is 18.7.